The zero-order valence-electron chi connectivity index (χ0n) is 13.4. The predicted molar refractivity (Wildman–Crippen MR) is 86.4 cm³/mol. The highest BCUT2D eigenvalue weighted by atomic mass is 32.2. The minimum Gasteiger partial charge on any atom is -0.624 e. The van der Waals surface area contributed by atoms with Crippen LogP contribution in [0.2, 0.25) is 0 Å². The summed E-state index contributed by atoms with van der Waals surface area (Å²) in [5.41, 5.74) is -0.824. The van der Waals surface area contributed by atoms with Crippen LogP contribution in [0.1, 0.15) is 48.0 Å². The van der Waals surface area contributed by atoms with Gasteiger partial charge in [0, 0.05) is 44.8 Å². The first-order valence-electron chi connectivity index (χ1n) is 6.79. The number of hydroxylamine groups is 1. The van der Waals surface area contributed by atoms with Crippen LogP contribution < -0.4 is 0 Å². The summed E-state index contributed by atoms with van der Waals surface area (Å²) in [6, 6.07) is 0. The first-order valence-corrected chi connectivity index (χ1v) is 7.95. The van der Waals surface area contributed by atoms with Gasteiger partial charge in [0.25, 0.3) is 0 Å². The van der Waals surface area contributed by atoms with E-state index in [2.05, 4.69) is 0 Å². The molecule has 20 heavy (non-hydrogen) atoms. The van der Waals surface area contributed by atoms with Crippen molar-refractivity contribution in [1.29, 1.82) is 0 Å². The van der Waals surface area contributed by atoms with Gasteiger partial charge in [-0.05, 0) is 20.8 Å². The van der Waals surface area contributed by atoms with Crippen LogP contribution in [0.5, 0.6) is 0 Å². The maximum absolute atomic E-state index is 11.6. The number of esters is 1. The van der Waals surface area contributed by atoms with Gasteiger partial charge in [0.2, 0.25) is 0 Å². The second kappa shape index (κ2) is 8.35. The van der Waals surface area contributed by atoms with Crippen LogP contribution in [0.3, 0.4) is 0 Å². The molecule has 4 nitrogen and oxygen atoms in total. The molecule has 0 unspecified atom stereocenters. The Bertz CT molecular complexity index is 362. The molecular formula is C15H27NO3S. The minimum absolute atomic E-state index is 0.317. The molecule has 0 spiro atoms. The van der Waals surface area contributed by atoms with Crippen molar-refractivity contribution in [3.05, 3.63) is 17.4 Å². The monoisotopic (exact) mass is 301 g/mol. The Kier molecular flexibility index (Phi) is 7.94. The van der Waals surface area contributed by atoms with Crippen molar-refractivity contribution in [2.45, 2.75) is 59.1 Å². The van der Waals surface area contributed by atoms with Crippen molar-refractivity contribution < 1.29 is 14.3 Å². The van der Waals surface area contributed by atoms with E-state index in [9.17, 15) is 10.0 Å². The Hall–Kier alpha value is -0.970. The summed E-state index contributed by atoms with van der Waals surface area (Å²) in [6.07, 6.45) is 5.64. The molecule has 0 fully saturated rings. The fourth-order valence-electron chi connectivity index (χ4n) is 1.16. The molecule has 0 aromatic rings. The summed E-state index contributed by atoms with van der Waals surface area (Å²) in [7, 11) is 0. The molecular weight excluding hydrogens is 274 g/mol. The van der Waals surface area contributed by atoms with Crippen molar-refractivity contribution in [3.63, 3.8) is 0 Å². The fraction of sp³-hybridized carbons (Fsp3) is 0.733. The highest BCUT2D eigenvalue weighted by molar-refractivity contribution is 7.99. The minimum atomic E-state index is -0.450. The molecule has 0 saturated heterocycles. The predicted octanol–water partition coefficient (Wildman–Crippen LogP) is 3.39. The maximum atomic E-state index is 11.6. The van der Waals surface area contributed by atoms with Crippen LogP contribution in [0.15, 0.2) is 12.2 Å². The van der Waals surface area contributed by atoms with E-state index in [0.29, 0.717) is 0 Å². The van der Waals surface area contributed by atoms with E-state index < -0.39 is 5.60 Å². The van der Waals surface area contributed by atoms with Crippen LogP contribution in [0.4, 0.5) is 0 Å². The summed E-state index contributed by atoms with van der Waals surface area (Å²) in [5.74, 6) is 1.28. The van der Waals surface area contributed by atoms with Gasteiger partial charge < -0.3 is 9.94 Å². The smallest absolute Gasteiger partial charge is 0.330 e. The van der Waals surface area contributed by atoms with Gasteiger partial charge in [-0.25, -0.2) is 9.53 Å². The Labute approximate surface area is 126 Å². The Morgan fingerprint density at radius 3 is 2.35 bits per heavy atom. The van der Waals surface area contributed by atoms with Gasteiger partial charge in [-0.2, -0.15) is 11.8 Å². The SMILES string of the molecule is CC(C)(C)OC(=O)/C=C/CSCC/C=[N+](\[O-])C(C)(C)C. The van der Waals surface area contributed by atoms with Gasteiger partial charge in [-0.3, -0.25) is 0 Å². The van der Waals surface area contributed by atoms with Gasteiger partial charge in [0.05, 0.1) is 0 Å². The van der Waals surface area contributed by atoms with Gasteiger partial charge in [-0.1, -0.05) is 6.08 Å². The summed E-state index contributed by atoms with van der Waals surface area (Å²) in [5, 5.41) is 11.6. The first kappa shape index (κ1) is 19.0. The van der Waals surface area contributed by atoms with Gasteiger partial charge in [0.15, 0.2) is 11.8 Å². The number of hydrogen-bond donors (Lipinski definition) is 0. The second-order valence-corrected chi connectivity index (χ2v) is 7.63. The Morgan fingerprint density at radius 2 is 1.85 bits per heavy atom. The quantitative estimate of drug-likeness (QED) is 0.143. The van der Waals surface area contributed by atoms with Crippen LogP contribution in [0.25, 0.3) is 0 Å². The number of carbonyl (C=O) groups is 1. The van der Waals surface area contributed by atoms with Crippen LogP contribution in [0, 0.1) is 5.21 Å². The number of carbonyl (C=O) groups excluding carboxylic acids is 1. The summed E-state index contributed by atoms with van der Waals surface area (Å²) in [4.78, 5) is 11.4. The lowest BCUT2D eigenvalue weighted by molar-refractivity contribution is -0.531. The van der Waals surface area contributed by atoms with E-state index in [0.717, 1.165) is 22.7 Å². The first-order chi connectivity index (χ1) is 9.02. The van der Waals surface area contributed by atoms with Crippen LogP contribution in [-0.4, -0.2) is 39.6 Å². The van der Waals surface area contributed by atoms with Gasteiger partial charge >= 0.3 is 5.97 Å². The topological polar surface area (TPSA) is 52.4 Å². The Balaban J connectivity index is 3.81. The molecule has 0 rings (SSSR count). The lowest BCUT2D eigenvalue weighted by Crippen LogP contribution is -2.29. The largest absolute Gasteiger partial charge is 0.624 e. The van der Waals surface area contributed by atoms with Crippen LogP contribution >= 0.6 is 11.8 Å². The van der Waals surface area contributed by atoms with Crippen molar-refractivity contribution in [3.8, 4) is 0 Å². The molecule has 0 aliphatic heterocycles. The molecule has 0 saturated carbocycles. The lowest BCUT2D eigenvalue weighted by atomic mass is 10.1. The summed E-state index contributed by atoms with van der Waals surface area (Å²) < 4.78 is 6.14. The second-order valence-electron chi connectivity index (χ2n) is 6.48. The van der Waals surface area contributed by atoms with E-state index >= 15 is 0 Å². The highest BCUT2D eigenvalue weighted by Crippen LogP contribution is 2.08. The number of hydrogen-bond acceptors (Lipinski definition) is 4. The summed E-state index contributed by atoms with van der Waals surface area (Å²) >= 11 is 1.67. The van der Waals surface area contributed by atoms with Gasteiger partial charge in [-0.15, -0.1) is 0 Å². The molecule has 0 aliphatic carbocycles. The third-order valence-corrected chi connectivity index (χ3v) is 3.05. The number of thioether (sulfide) groups is 1. The molecule has 0 aliphatic rings. The van der Waals surface area contributed by atoms with E-state index in [1.165, 1.54) is 6.08 Å². The maximum Gasteiger partial charge on any atom is 0.330 e. The molecule has 0 radical (unpaired) electrons. The van der Waals surface area contributed by atoms with Crippen molar-refractivity contribution in [2.75, 3.05) is 11.5 Å². The molecule has 0 amide bonds. The molecule has 5 heteroatoms. The fourth-order valence-corrected chi connectivity index (χ4v) is 1.83. The third-order valence-electron chi connectivity index (χ3n) is 2.09. The van der Waals surface area contributed by atoms with Crippen LogP contribution in [-0.2, 0) is 9.53 Å². The third kappa shape index (κ3) is 10.9. The molecule has 0 heterocycles. The highest BCUT2D eigenvalue weighted by Gasteiger charge is 2.17. The lowest BCUT2D eigenvalue weighted by Gasteiger charge is -2.18. The standard InChI is InChI=1S/C15H27NO3S/c1-14(2,3)16(18)10-8-12-20-11-7-9-13(17)19-15(4,5)6/h7,9-10H,8,11-12H2,1-6H3/b9-7+,16-10-. The number of ether oxygens (including phenoxy) is 1. The number of rotatable bonds is 6. The molecule has 0 N–H and O–H groups in total. The molecule has 0 aromatic heterocycles. The zero-order chi connectivity index (χ0) is 15.8. The molecule has 0 bridgehead atoms. The summed E-state index contributed by atoms with van der Waals surface area (Å²) in [6.45, 7) is 11.2. The van der Waals surface area contributed by atoms with Crippen molar-refractivity contribution in [2.24, 2.45) is 0 Å². The van der Waals surface area contributed by atoms with E-state index in [1.54, 1.807) is 24.1 Å². The van der Waals surface area contributed by atoms with E-state index in [4.69, 9.17) is 4.74 Å². The van der Waals surface area contributed by atoms with Gasteiger partial charge in [0.1, 0.15) is 5.60 Å². The average molecular weight is 301 g/mol. The average Bonchev–Trinajstić information content (AvgIpc) is 2.23. The van der Waals surface area contributed by atoms with Crippen molar-refractivity contribution in [1.82, 2.24) is 0 Å². The normalized spacial score (nSPS) is 13.8. The van der Waals surface area contributed by atoms with E-state index in [1.807, 2.05) is 41.5 Å². The Morgan fingerprint density at radius 1 is 1.25 bits per heavy atom. The molecule has 0 aromatic carbocycles. The van der Waals surface area contributed by atoms with E-state index in [-0.39, 0.29) is 11.5 Å². The van der Waals surface area contributed by atoms with Crippen molar-refractivity contribution >= 4 is 23.9 Å². The number of nitrogens with zero attached hydrogens (tertiary/aromatic N) is 1. The molecule has 0 atom stereocenters. The zero-order valence-corrected chi connectivity index (χ0v) is 14.3. The molecule has 116 valence electrons.